The molecule has 0 radical (unpaired) electrons. The Balaban J connectivity index is 1.92. The first kappa shape index (κ1) is 11.4. The molecule has 0 amide bonds. The van der Waals surface area contributed by atoms with E-state index in [1.807, 2.05) is 12.1 Å². The molecule has 1 atom stereocenters. The van der Waals surface area contributed by atoms with Gasteiger partial charge in [-0.15, -0.1) is 0 Å². The molecule has 0 bridgehead atoms. The molecule has 1 N–H and O–H groups in total. The first-order chi connectivity index (χ1) is 7.88. The van der Waals surface area contributed by atoms with E-state index < -0.39 is 0 Å². The van der Waals surface area contributed by atoms with Crippen molar-refractivity contribution < 1.29 is 9.47 Å². The van der Waals surface area contributed by atoms with Crippen LogP contribution in [-0.4, -0.2) is 30.8 Å². The fourth-order valence-electron chi connectivity index (χ4n) is 1.67. The lowest BCUT2D eigenvalue weighted by Gasteiger charge is -2.11. The van der Waals surface area contributed by atoms with Crippen molar-refractivity contribution in [3.8, 4) is 5.88 Å². The second kappa shape index (κ2) is 5.82. The topological polar surface area (TPSA) is 43.4 Å². The molecule has 0 aliphatic carbocycles. The zero-order valence-corrected chi connectivity index (χ0v) is 9.61. The highest BCUT2D eigenvalue weighted by Crippen LogP contribution is 2.15. The minimum absolute atomic E-state index is 0.168. The largest absolute Gasteiger partial charge is 0.472 e. The molecule has 1 unspecified atom stereocenters. The highest BCUT2D eigenvalue weighted by atomic mass is 16.5. The molecule has 0 aromatic carbocycles. The van der Waals surface area contributed by atoms with E-state index in [4.69, 9.17) is 9.47 Å². The van der Waals surface area contributed by atoms with Gasteiger partial charge in [0.25, 0.3) is 0 Å². The smallest absolute Gasteiger partial charge is 0.213 e. The molecule has 0 saturated carbocycles. The van der Waals surface area contributed by atoms with E-state index >= 15 is 0 Å². The van der Waals surface area contributed by atoms with Crippen molar-refractivity contribution in [2.24, 2.45) is 0 Å². The molecule has 1 aromatic rings. The van der Waals surface area contributed by atoms with Crippen molar-refractivity contribution in [2.45, 2.75) is 26.0 Å². The highest BCUT2D eigenvalue weighted by Gasteiger charge is 2.17. The Labute approximate surface area is 96.0 Å². The second-order valence-corrected chi connectivity index (χ2v) is 3.89. The molecule has 1 aliphatic rings. The van der Waals surface area contributed by atoms with Gasteiger partial charge in [0.05, 0.1) is 13.2 Å². The van der Waals surface area contributed by atoms with Crippen LogP contribution in [0.2, 0.25) is 0 Å². The third-order valence-electron chi connectivity index (χ3n) is 2.55. The Morgan fingerprint density at radius 1 is 1.62 bits per heavy atom. The number of ether oxygens (including phenoxy) is 2. The molecule has 2 rings (SSSR count). The summed E-state index contributed by atoms with van der Waals surface area (Å²) in [7, 11) is 0. The van der Waals surface area contributed by atoms with Crippen molar-refractivity contribution in [3.63, 3.8) is 0 Å². The molecule has 2 heterocycles. The van der Waals surface area contributed by atoms with E-state index in [-0.39, 0.29) is 6.10 Å². The molecule has 1 aromatic heterocycles. The fourth-order valence-corrected chi connectivity index (χ4v) is 1.67. The van der Waals surface area contributed by atoms with E-state index in [2.05, 4.69) is 17.2 Å². The van der Waals surface area contributed by atoms with Crippen molar-refractivity contribution in [2.75, 3.05) is 19.8 Å². The summed E-state index contributed by atoms with van der Waals surface area (Å²) in [5, 5.41) is 3.28. The zero-order valence-electron chi connectivity index (χ0n) is 9.61. The number of nitrogens with one attached hydrogen (secondary N) is 1. The molecule has 88 valence electrons. The summed E-state index contributed by atoms with van der Waals surface area (Å²) in [5.41, 5.74) is 1.20. The average Bonchev–Trinajstić information content (AvgIpc) is 2.80. The summed E-state index contributed by atoms with van der Waals surface area (Å²) in [5.74, 6) is 0.700. The van der Waals surface area contributed by atoms with Gasteiger partial charge in [0, 0.05) is 25.2 Å². The summed E-state index contributed by atoms with van der Waals surface area (Å²) < 4.78 is 11.0. The maximum absolute atomic E-state index is 5.73. The lowest BCUT2D eigenvalue weighted by molar-refractivity contribution is 0.138. The van der Waals surface area contributed by atoms with E-state index in [9.17, 15) is 0 Å². The zero-order chi connectivity index (χ0) is 11.2. The van der Waals surface area contributed by atoms with Crippen molar-refractivity contribution in [1.29, 1.82) is 0 Å². The summed E-state index contributed by atoms with van der Waals surface area (Å²) in [6.45, 7) is 5.39. The maximum atomic E-state index is 5.73. The molecule has 4 heteroatoms. The predicted molar refractivity (Wildman–Crippen MR) is 61.5 cm³/mol. The standard InChI is InChI=1S/C12H18N2O2/c1-2-13-8-10-3-5-14-12(7-10)16-11-4-6-15-9-11/h3,5,7,11,13H,2,4,6,8-9H2,1H3. The summed E-state index contributed by atoms with van der Waals surface area (Å²) in [6, 6.07) is 3.99. The lowest BCUT2D eigenvalue weighted by atomic mass is 10.2. The first-order valence-electron chi connectivity index (χ1n) is 5.78. The number of nitrogens with zero attached hydrogens (tertiary/aromatic N) is 1. The van der Waals surface area contributed by atoms with Crippen LogP contribution in [0.5, 0.6) is 5.88 Å². The van der Waals surface area contributed by atoms with Crippen molar-refractivity contribution >= 4 is 0 Å². The summed E-state index contributed by atoms with van der Waals surface area (Å²) in [6.07, 6.45) is 2.92. The average molecular weight is 222 g/mol. The van der Waals surface area contributed by atoms with E-state index in [1.54, 1.807) is 6.20 Å². The molecular formula is C12H18N2O2. The van der Waals surface area contributed by atoms with Gasteiger partial charge in [-0.25, -0.2) is 4.98 Å². The minimum atomic E-state index is 0.168. The Morgan fingerprint density at radius 3 is 3.31 bits per heavy atom. The maximum Gasteiger partial charge on any atom is 0.213 e. The predicted octanol–water partition coefficient (Wildman–Crippen LogP) is 1.36. The van der Waals surface area contributed by atoms with E-state index in [0.717, 1.165) is 26.1 Å². The van der Waals surface area contributed by atoms with Crippen LogP contribution in [-0.2, 0) is 11.3 Å². The highest BCUT2D eigenvalue weighted by molar-refractivity contribution is 5.20. The normalized spacial score (nSPS) is 19.9. The van der Waals surface area contributed by atoms with Crippen LogP contribution in [0.15, 0.2) is 18.3 Å². The van der Waals surface area contributed by atoms with Gasteiger partial charge in [-0.05, 0) is 18.2 Å². The number of hydrogen-bond acceptors (Lipinski definition) is 4. The Morgan fingerprint density at radius 2 is 2.56 bits per heavy atom. The second-order valence-electron chi connectivity index (χ2n) is 3.89. The monoisotopic (exact) mass is 222 g/mol. The van der Waals surface area contributed by atoms with Gasteiger partial charge in [0.2, 0.25) is 5.88 Å². The van der Waals surface area contributed by atoms with Crippen LogP contribution in [0, 0.1) is 0 Å². The van der Waals surface area contributed by atoms with Crippen molar-refractivity contribution in [1.82, 2.24) is 10.3 Å². The number of rotatable bonds is 5. The molecule has 16 heavy (non-hydrogen) atoms. The van der Waals surface area contributed by atoms with E-state index in [1.165, 1.54) is 5.56 Å². The molecule has 1 fully saturated rings. The SMILES string of the molecule is CCNCc1ccnc(OC2CCOC2)c1. The minimum Gasteiger partial charge on any atom is -0.472 e. The lowest BCUT2D eigenvalue weighted by Crippen LogP contribution is -2.17. The van der Waals surface area contributed by atoms with Crippen LogP contribution in [0.25, 0.3) is 0 Å². The quantitative estimate of drug-likeness (QED) is 0.817. The third-order valence-corrected chi connectivity index (χ3v) is 2.55. The van der Waals surface area contributed by atoms with Gasteiger partial charge >= 0.3 is 0 Å². The summed E-state index contributed by atoms with van der Waals surface area (Å²) in [4.78, 5) is 4.21. The Bertz CT molecular complexity index is 325. The number of hydrogen-bond donors (Lipinski definition) is 1. The fraction of sp³-hybridized carbons (Fsp3) is 0.583. The van der Waals surface area contributed by atoms with Gasteiger partial charge in [-0.2, -0.15) is 0 Å². The van der Waals surface area contributed by atoms with E-state index in [0.29, 0.717) is 12.5 Å². The van der Waals surface area contributed by atoms with Gasteiger partial charge in [0.15, 0.2) is 0 Å². The Hall–Kier alpha value is -1.13. The first-order valence-corrected chi connectivity index (χ1v) is 5.78. The molecule has 1 saturated heterocycles. The molecule has 0 spiro atoms. The Kier molecular flexibility index (Phi) is 4.13. The number of pyridine rings is 1. The molecular weight excluding hydrogens is 204 g/mol. The van der Waals surface area contributed by atoms with Gasteiger partial charge in [-0.3, -0.25) is 0 Å². The van der Waals surface area contributed by atoms with Crippen LogP contribution < -0.4 is 10.1 Å². The summed E-state index contributed by atoms with van der Waals surface area (Å²) >= 11 is 0. The van der Waals surface area contributed by atoms with Crippen LogP contribution >= 0.6 is 0 Å². The van der Waals surface area contributed by atoms with Crippen LogP contribution in [0.3, 0.4) is 0 Å². The van der Waals surface area contributed by atoms with Gasteiger partial charge < -0.3 is 14.8 Å². The van der Waals surface area contributed by atoms with Crippen molar-refractivity contribution in [3.05, 3.63) is 23.9 Å². The van der Waals surface area contributed by atoms with Gasteiger partial charge in [0.1, 0.15) is 6.10 Å². The third kappa shape index (κ3) is 3.18. The van der Waals surface area contributed by atoms with Gasteiger partial charge in [-0.1, -0.05) is 6.92 Å². The molecule has 4 nitrogen and oxygen atoms in total. The molecule has 1 aliphatic heterocycles. The van der Waals surface area contributed by atoms with Crippen LogP contribution in [0.1, 0.15) is 18.9 Å². The number of aromatic nitrogens is 1. The van der Waals surface area contributed by atoms with Crippen LogP contribution in [0.4, 0.5) is 0 Å².